The minimum atomic E-state index is 0.346. The topological polar surface area (TPSA) is 63.8 Å². The lowest BCUT2D eigenvalue weighted by molar-refractivity contribution is 0.320. The number of nitrogens with two attached hydrogens (primary N) is 1. The molecule has 0 spiro atoms. The maximum absolute atomic E-state index is 5.89. The molecule has 2 rings (SSSR count). The van der Waals surface area contributed by atoms with Gasteiger partial charge in [-0.3, -0.25) is 0 Å². The van der Waals surface area contributed by atoms with Gasteiger partial charge in [-0.1, -0.05) is 19.3 Å². The van der Waals surface area contributed by atoms with E-state index in [9.17, 15) is 0 Å². The fourth-order valence-corrected chi connectivity index (χ4v) is 2.96. The number of hydrogen-bond acceptors (Lipinski definition) is 4. The number of aromatic nitrogens is 2. The molecule has 17 heavy (non-hydrogen) atoms. The Bertz CT molecular complexity index is 352. The van der Waals surface area contributed by atoms with Crippen molar-refractivity contribution in [3.63, 3.8) is 0 Å². The Morgan fingerprint density at radius 1 is 1.41 bits per heavy atom. The van der Waals surface area contributed by atoms with Crippen LogP contribution in [0.25, 0.3) is 0 Å². The van der Waals surface area contributed by atoms with Gasteiger partial charge >= 0.3 is 0 Å². The smallest absolute Gasteiger partial charge is 0.143 e. The molecule has 1 heterocycles. The summed E-state index contributed by atoms with van der Waals surface area (Å²) < 4.78 is 1.05. The highest BCUT2D eigenvalue weighted by atomic mass is 127. The van der Waals surface area contributed by atoms with Crippen LogP contribution in [-0.4, -0.2) is 22.6 Å². The monoisotopic (exact) mass is 346 g/mol. The van der Waals surface area contributed by atoms with Crippen molar-refractivity contribution in [1.82, 2.24) is 9.97 Å². The van der Waals surface area contributed by atoms with Gasteiger partial charge in [0.1, 0.15) is 12.1 Å². The molecule has 1 aliphatic rings. The summed E-state index contributed by atoms with van der Waals surface area (Å²) in [7, 11) is 0. The molecule has 1 unspecified atom stereocenters. The summed E-state index contributed by atoms with van der Waals surface area (Å²) in [5, 5.41) is 3.48. The highest BCUT2D eigenvalue weighted by Crippen LogP contribution is 2.28. The van der Waals surface area contributed by atoms with Crippen LogP contribution in [0.2, 0.25) is 0 Å². The van der Waals surface area contributed by atoms with Crippen molar-refractivity contribution in [2.24, 2.45) is 11.7 Å². The number of hydrogen-bond donors (Lipinski definition) is 2. The molecular formula is C12H19IN4. The number of rotatable bonds is 4. The predicted octanol–water partition coefficient (Wildman–Crippen LogP) is 2.40. The van der Waals surface area contributed by atoms with E-state index in [1.54, 1.807) is 6.33 Å². The number of anilines is 1. The molecule has 5 heteroatoms. The molecule has 4 nitrogen and oxygen atoms in total. The summed E-state index contributed by atoms with van der Waals surface area (Å²) in [6.45, 7) is 0.671. The molecule has 94 valence electrons. The van der Waals surface area contributed by atoms with E-state index in [4.69, 9.17) is 5.73 Å². The molecule has 0 aromatic carbocycles. The van der Waals surface area contributed by atoms with Crippen LogP contribution >= 0.6 is 22.6 Å². The molecule has 0 amide bonds. The SMILES string of the molecule is NCC(Nc1ncncc1I)C1CCCCC1. The Labute approximate surface area is 116 Å². The van der Waals surface area contributed by atoms with Crippen molar-refractivity contribution in [3.8, 4) is 0 Å². The molecule has 0 aliphatic heterocycles. The standard InChI is InChI=1S/C12H19IN4/c13-10-7-15-8-16-12(10)17-11(6-14)9-4-2-1-3-5-9/h7-9,11H,1-6,14H2,(H,15,16,17). The van der Waals surface area contributed by atoms with Crippen LogP contribution in [0.1, 0.15) is 32.1 Å². The van der Waals surface area contributed by atoms with E-state index in [2.05, 4.69) is 37.9 Å². The third-order valence-corrected chi connectivity index (χ3v) is 4.25. The summed E-state index contributed by atoms with van der Waals surface area (Å²) >= 11 is 2.25. The Balaban J connectivity index is 2.01. The summed E-state index contributed by atoms with van der Waals surface area (Å²) in [6, 6.07) is 0.346. The minimum absolute atomic E-state index is 0.346. The zero-order valence-electron chi connectivity index (χ0n) is 9.90. The van der Waals surface area contributed by atoms with Gasteiger partial charge in [-0.15, -0.1) is 0 Å². The van der Waals surface area contributed by atoms with Crippen LogP contribution in [0.3, 0.4) is 0 Å². The molecule has 1 aliphatic carbocycles. The Morgan fingerprint density at radius 3 is 2.82 bits per heavy atom. The summed E-state index contributed by atoms with van der Waals surface area (Å²) in [5.41, 5.74) is 5.89. The third-order valence-electron chi connectivity index (χ3n) is 3.46. The van der Waals surface area contributed by atoms with Gasteiger partial charge in [0.15, 0.2) is 0 Å². The molecule has 3 N–H and O–H groups in total. The van der Waals surface area contributed by atoms with Crippen molar-refractivity contribution < 1.29 is 0 Å². The third kappa shape index (κ3) is 3.51. The average molecular weight is 346 g/mol. The molecule has 1 saturated carbocycles. The van der Waals surface area contributed by atoms with Gasteiger partial charge in [-0.2, -0.15) is 0 Å². The molecule has 1 atom stereocenters. The van der Waals surface area contributed by atoms with Crippen LogP contribution in [-0.2, 0) is 0 Å². The Morgan fingerprint density at radius 2 is 2.18 bits per heavy atom. The lowest BCUT2D eigenvalue weighted by atomic mass is 9.84. The van der Waals surface area contributed by atoms with Gasteiger partial charge in [0.2, 0.25) is 0 Å². The van der Waals surface area contributed by atoms with Crippen LogP contribution in [0.4, 0.5) is 5.82 Å². The van der Waals surface area contributed by atoms with E-state index in [0.717, 1.165) is 9.39 Å². The average Bonchev–Trinajstić information content (AvgIpc) is 2.39. The number of nitrogens with zero attached hydrogens (tertiary/aromatic N) is 2. The van der Waals surface area contributed by atoms with Crippen molar-refractivity contribution in [2.75, 3.05) is 11.9 Å². The summed E-state index contributed by atoms with van der Waals surface area (Å²) in [4.78, 5) is 8.28. The van der Waals surface area contributed by atoms with Crippen molar-refractivity contribution in [2.45, 2.75) is 38.1 Å². The second-order valence-corrected chi connectivity index (χ2v) is 5.77. The summed E-state index contributed by atoms with van der Waals surface area (Å²) in [5.74, 6) is 1.61. The minimum Gasteiger partial charge on any atom is -0.365 e. The van der Waals surface area contributed by atoms with Crippen molar-refractivity contribution in [3.05, 3.63) is 16.1 Å². The second-order valence-electron chi connectivity index (χ2n) is 4.60. The quantitative estimate of drug-likeness (QED) is 0.822. The summed E-state index contributed by atoms with van der Waals surface area (Å²) in [6.07, 6.45) is 10.0. The molecular weight excluding hydrogens is 327 g/mol. The Kier molecular flexibility index (Phi) is 4.97. The number of halogens is 1. The first-order chi connectivity index (χ1) is 8.31. The lowest BCUT2D eigenvalue weighted by Crippen LogP contribution is -2.37. The van der Waals surface area contributed by atoms with E-state index < -0.39 is 0 Å². The van der Waals surface area contributed by atoms with Gasteiger partial charge in [0.25, 0.3) is 0 Å². The highest BCUT2D eigenvalue weighted by molar-refractivity contribution is 14.1. The van der Waals surface area contributed by atoms with Gasteiger partial charge in [-0.25, -0.2) is 9.97 Å². The molecule has 0 bridgehead atoms. The largest absolute Gasteiger partial charge is 0.365 e. The van der Waals surface area contributed by atoms with Crippen LogP contribution in [0.15, 0.2) is 12.5 Å². The number of nitrogens with one attached hydrogen (secondary N) is 1. The molecule has 0 radical (unpaired) electrons. The molecule has 1 aromatic rings. The van der Waals surface area contributed by atoms with E-state index in [0.29, 0.717) is 18.5 Å². The molecule has 0 saturated heterocycles. The fraction of sp³-hybridized carbons (Fsp3) is 0.667. The van der Waals surface area contributed by atoms with E-state index >= 15 is 0 Å². The van der Waals surface area contributed by atoms with E-state index in [-0.39, 0.29) is 0 Å². The van der Waals surface area contributed by atoms with Gasteiger partial charge in [0, 0.05) is 18.8 Å². The van der Waals surface area contributed by atoms with Crippen molar-refractivity contribution in [1.29, 1.82) is 0 Å². The van der Waals surface area contributed by atoms with Crippen LogP contribution in [0.5, 0.6) is 0 Å². The first-order valence-corrected chi connectivity index (χ1v) is 7.31. The maximum Gasteiger partial charge on any atom is 0.143 e. The Hall–Kier alpha value is -0.430. The van der Waals surface area contributed by atoms with Gasteiger partial charge in [0.05, 0.1) is 3.57 Å². The van der Waals surface area contributed by atoms with Crippen LogP contribution in [0, 0.1) is 9.49 Å². The normalized spacial score (nSPS) is 18.9. The van der Waals surface area contributed by atoms with Crippen molar-refractivity contribution >= 4 is 28.4 Å². The second kappa shape index (κ2) is 6.49. The highest BCUT2D eigenvalue weighted by Gasteiger charge is 2.23. The fourth-order valence-electron chi connectivity index (χ4n) is 2.50. The molecule has 1 fully saturated rings. The first-order valence-electron chi connectivity index (χ1n) is 6.23. The van der Waals surface area contributed by atoms with E-state index in [1.807, 2.05) is 6.20 Å². The van der Waals surface area contributed by atoms with Gasteiger partial charge in [-0.05, 0) is 41.4 Å². The van der Waals surface area contributed by atoms with Crippen LogP contribution < -0.4 is 11.1 Å². The first kappa shape index (κ1) is 13.0. The van der Waals surface area contributed by atoms with E-state index in [1.165, 1.54) is 32.1 Å². The molecule has 1 aromatic heterocycles. The zero-order chi connectivity index (χ0) is 12.1. The maximum atomic E-state index is 5.89. The lowest BCUT2D eigenvalue weighted by Gasteiger charge is -2.30. The predicted molar refractivity (Wildman–Crippen MR) is 77.8 cm³/mol. The van der Waals surface area contributed by atoms with Gasteiger partial charge < -0.3 is 11.1 Å². The zero-order valence-corrected chi connectivity index (χ0v) is 12.1.